The summed E-state index contributed by atoms with van der Waals surface area (Å²) in [5.74, 6) is 2.08. The summed E-state index contributed by atoms with van der Waals surface area (Å²) in [6.07, 6.45) is 5.09. The van der Waals surface area contributed by atoms with Crippen molar-refractivity contribution < 1.29 is 8.42 Å². The average molecular weight is 294 g/mol. The highest BCUT2D eigenvalue weighted by atomic mass is 32.2. The summed E-state index contributed by atoms with van der Waals surface area (Å²) in [7, 11) is -3.43. The maximum atomic E-state index is 12.3. The topological polar surface area (TPSA) is 72.2 Å². The van der Waals surface area contributed by atoms with Gasteiger partial charge in [0.15, 0.2) is 0 Å². The Morgan fingerprint density at radius 1 is 1.30 bits per heavy atom. The lowest BCUT2D eigenvalue weighted by Crippen LogP contribution is -2.31. The molecule has 0 spiro atoms. The fraction of sp³-hybridized carbons (Fsp3) is 0.600. The molecular weight excluding hydrogens is 272 g/mol. The Hall–Kier alpha value is -1.07. The van der Waals surface area contributed by atoms with Gasteiger partial charge < -0.3 is 5.73 Å². The highest BCUT2D eigenvalue weighted by Crippen LogP contribution is 2.48. The molecule has 2 aliphatic rings. The zero-order valence-corrected chi connectivity index (χ0v) is 12.6. The maximum Gasteiger partial charge on any atom is 0.240 e. The Bertz CT molecular complexity index is 612. The Balaban J connectivity index is 1.68. The molecule has 2 bridgehead atoms. The zero-order chi connectivity index (χ0) is 14.3. The Morgan fingerprint density at radius 2 is 2.10 bits per heavy atom. The van der Waals surface area contributed by atoms with E-state index in [2.05, 4.69) is 4.72 Å². The van der Waals surface area contributed by atoms with E-state index in [4.69, 9.17) is 5.73 Å². The zero-order valence-electron chi connectivity index (χ0n) is 11.8. The number of rotatable bonds is 4. The number of nitrogens with one attached hydrogen (secondary N) is 1. The number of anilines is 1. The van der Waals surface area contributed by atoms with Crippen molar-refractivity contribution in [1.29, 1.82) is 0 Å². The van der Waals surface area contributed by atoms with Gasteiger partial charge in [0.2, 0.25) is 10.0 Å². The molecule has 2 aliphatic carbocycles. The van der Waals surface area contributed by atoms with Crippen molar-refractivity contribution in [2.45, 2.75) is 37.5 Å². The predicted octanol–water partition coefficient (Wildman–Crippen LogP) is 2.29. The first-order valence-electron chi connectivity index (χ1n) is 7.31. The quantitative estimate of drug-likeness (QED) is 0.837. The molecule has 0 aromatic heterocycles. The summed E-state index contributed by atoms with van der Waals surface area (Å²) in [6.45, 7) is 2.44. The molecule has 110 valence electrons. The minimum Gasteiger partial charge on any atom is -0.398 e. The molecule has 4 nitrogen and oxygen atoms in total. The van der Waals surface area contributed by atoms with Gasteiger partial charge in [0.1, 0.15) is 0 Å². The van der Waals surface area contributed by atoms with Gasteiger partial charge in [0.25, 0.3) is 0 Å². The molecule has 0 amide bonds. The molecule has 3 rings (SSSR count). The second-order valence-electron chi connectivity index (χ2n) is 6.31. The number of hydrogen-bond donors (Lipinski definition) is 2. The fourth-order valence-electron chi connectivity index (χ4n) is 3.71. The van der Waals surface area contributed by atoms with E-state index in [1.54, 1.807) is 18.2 Å². The van der Waals surface area contributed by atoms with E-state index in [1.165, 1.54) is 25.7 Å². The second kappa shape index (κ2) is 5.04. The van der Waals surface area contributed by atoms with E-state index in [-0.39, 0.29) is 4.90 Å². The van der Waals surface area contributed by atoms with Crippen molar-refractivity contribution >= 4 is 15.7 Å². The van der Waals surface area contributed by atoms with E-state index in [1.807, 2.05) is 6.92 Å². The molecule has 1 aromatic rings. The summed E-state index contributed by atoms with van der Waals surface area (Å²) in [5.41, 5.74) is 7.21. The van der Waals surface area contributed by atoms with Gasteiger partial charge in [-0.15, -0.1) is 0 Å². The first-order valence-corrected chi connectivity index (χ1v) is 8.80. The minimum absolute atomic E-state index is 0.267. The van der Waals surface area contributed by atoms with Gasteiger partial charge in [0.05, 0.1) is 4.90 Å². The molecule has 20 heavy (non-hydrogen) atoms. The molecule has 3 atom stereocenters. The number of benzene rings is 1. The molecule has 0 heterocycles. The Morgan fingerprint density at radius 3 is 2.70 bits per heavy atom. The van der Waals surface area contributed by atoms with Crippen LogP contribution in [0.2, 0.25) is 0 Å². The molecule has 0 saturated heterocycles. The standard InChI is InChI=1S/C15H22N2O2S/c1-10-2-5-14(8-15(10)16)20(18,19)17-9-13-7-11-3-4-12(13)6-11/h2,5,8,11-13,17H,3-4,6-7,9,16H2,1H3. The highest BCUT2D eigenvalue weighted by molar-refractivity contribution is 7.89. The third-order valence-electron chi connectivity index (χ3n) is 4.98. The van der Waals surface area contributed by atoms with Gasteiger partial charge in [-0.2, -0.15) is 0 Å². The number of nitrogen functional groups attached to an aromatic ring is 1. The van der Waals surface area contributed by atoms with Gasteiger partial charge in [-0.05, 0) is 61.6 Å². The summed E-state index contributed by atoms with van der Waals surface area (Å²) in [6, 6.07) is 4.91. The molecule has 2 saturated carbocycles. The summed E-state index contributed by atoms with van der Waals surface area (Å²) >= 11 is 0. The van der Waals surface area contributed by atoms with Crippen LogP contribution in [0.15, 0.2) is 23.1 Å². The van der Waals surface area contributed by atoms with Gasteiger partial charge >= 0.3 is 0 Å². The van der Waals surface area contributed by atoms with Crippen LogP contribution in [0.3, 0.4) is 0 Å². The van der Waals surface area contributed by atoms with Crippen LogP contribution in [-0.2, 0) is 10.0 Å². The third-order valence-corrected chi connectivity index (χ3v) is 6.40. The second-order valence-corrected chi connectivity index (χ2v) is 8.07. The number of hydrogen-bond acceptors (Lipinski definition) is 3. The molecule has 2 fully saturated rings. The van der Waals surface area contributed by atoms with E-state index in [0.717, 1.165) is 17.4 Å². The van der Waals surface area contributed by atoms with Crippen molar-refractivity contribution in [3.05, 3.63) is 23.8 Å². The van der Waals surface area contributed by atoms with Crippen LogP contribution >= 0.6 is 0 Å². The van der Waals surface area contributed by atoms with E-state index in [0.29, 0.717) is 18.2 Å². The smallest absolute Gasteiger partial charge is 0.240 e. The van der Waals surface area contributed by atoms with Crippen LogP contribution in [-0.4, -0.2) is 15.0 Å². The normalized spacial score (nSPS) is 28.9. The Labute approximate surface area is 120 Å². The van der Waals surface area contributed by atoms with Crippen molar-refractivity contribution in [3.63, 3.8) is 0 Å². The maximum absolute atomic E-state index is 12.3. The third kappa shape index (κ3) is 2.56. The van der Waals surface area contributed by atoms with Crippen molar-refractivity contribution in [1.82, 2.24) is 4.72 Å². The molecular formula is C15H22N2O2S. The molecule has 3 unspecified atom stereocenters. The first kappa shape index (κ1) is 13.9. The van der Waals surface area contributed by atoms with Crippen LogP contribution in [0.25, 0.3) is 0 Å². The fourth-order valence-corrected chi connectivity index (χ4v) is 4.84. The minimum atomic E-state index is -3.43. The van der Waals surface area contributed by atoms with Crippen LogP contribution in [0.4, 0.5) is 5.69 Å². The summed E-state index contributed by atoms with van der Waals surface area (Å²) in [4.78, 5) is 0.267. The molecule has 0 aliphatic heterocycles. The summed E-state index contributed by atoms with van der Waals surface area (Å²) < 4.78 is 27.3. The average Bonchev–Trinajstić information content (AvgIpc) is 3.02. The monoisotopic (exact) mass is 294 g/mol. The number of fused-ring (bicyclic) bond motifs is 2. The van der Waals surface area contributed by atoms with E-state index in [9.17, 15) is 8.42 Å². The van der Waals surface area contributed by atoms with Crippen LogP contribution in [0.1, 0.15) is 31.2 Å². The van der Waals surface area contributed by atoms with Crippen LogP contribution in [0, 0.1) is 24.7 Å². The Kier molecular flexibility index (Phi) is 3.50. The number of sulfonamides is 1. The molecule has 3 N–H and O–H groups in total. The van der Waals surface area contributed by atoms with Gasteiger partial charge in [-0.1, -0.05) is 12.5 Å². The van der Waals surface area contributed by atoms with Gasteiger partial charge in [-0.25, -0.2) is 13.1 Å². The molecule has 0 radical (unpaired) electrons. The number of nitrogens with two attached hydrogens (primary N) is 1. The highest BCUT2D eigenvalue weighted by Gasteiger charge is 2.39. The van der Waals surface area contributed by atoms with Crippen molar-refractivity contribution in [2.75, 3.05) is 12.3 Å². The van der Waals surface area contributed by atoms with Crippen LogP contribution in [0.5, 0.6) is 0 Å². The van der Waals surface area contributed by atoms with Crippen molar-refractivity contribution in [3.8, 4) is 0 Å². The van der Waals surface area contributed by atoms with E-state index >= 15 is 0 Å². The molecule has 5 heteroatoms. The lowest BCUT2D eigenvalue weighted by atomic mass is 9.89. The van der Waals surface area contributed by atoms with Gasteiger partial charge in [-0.3, -0.25) is 0 Å². The lowest BCUT2D eigenvalue weighted by Gasteiger charge is -2.21. The predicted molar refractivity (Wildman–Crippen MR) is 79.7 cm³/mol. The SMILES string of the molecule is Cc1ccc(S(=O)(=O)NCC2CC3CCC2C3)cc1N. The molecule has 1 aromatic carbocycles. The van der Waals surface area contributed by atoms with Gasteiger partial charge in [0, 0.05) is 12.2 Å². The summed E-state index contributed by atoms with van der Waals surface area (Å²) in [5, 5.41) is 0. The first-order chi connectivity index (χ1) is 9.45. The van der Waals surface area contributed by atoms with Crippen molar-refractivity contribution in [2.24, 2.45) is 17.8 Å². The largest absolute Gasteiger partial charge is 0.398 e. The number of aryl methyl sites for hydroxylation is 1. The lowest BCUT2D eigenvalue weighted by molar-refractivity contribution is 0.333. The van der Waals surface area contributed by atoms with E-state index < -0.39 is 10.0 Å². The van der Waals surface area contributed by atoms with Crippen LogP contribution < -0.4 is 10.5 Å².